The van der Waals surface area contributed by atoms with Crippen molar-refractivity contribution in [1.82, 2.24) is 4.31 Å². The molecule has 0 bridgehead atoms. The summed E-state index contributed by atoms with van der Waals surface area (Å²) in [7, 11) is -3.57. The van der Waals surface area contributed by atoms with Crippen molar-refractivity contribution in [1.29, 1.82) is 0 Å². The zero-order chi connectivity index (χ0) is 24.4. The highest BCUT2D eigenvalue weighted by Crippen LogP contribution is 2.31. The van der Waals surface area contributed by atoms with E-state index in [-0.39, 0.29) is 5.97 Å². The summed E-state index contributed by atoms with van der Waals surface area (Å²) >= 11 is 0. The average Bonchev–Trinajstić information content (AvgIpc) is 2.71. The predicted octanol–water partition coefficient (Wildman–Crippen LogP) is 5.30. The van der Waals surface area contributed by atoms with E-state index in [1.807, 2.05) is 52.0 Å². The summed E-state index contributed by atoms with van der Waals surface area (Å²) in [5.41, 5.74) is 4.75. The molecule has 0 radical (unpaired) electrons. The first kappa shape index (κ1) is 25.2. The Labute approximate surface area is 198 Å². The molecule has 0 aliphatic carbocycles. The van der Waals surface area contributed by atoms with Crippen LogP contribution in [0.25, 0.3) is 6.08 Å². The van der Waals surface area contributed by atoms with Crippen LogP contribution in [0.15, 0.2) is 47.4 Å². The number of carbonyl (C=O) groups excluding carboxylic acids is 1. The molecule has 0 N–H and O–H groups in total. The second-order valence-corrected chi connectivity index (χ2v) is 12.1. The number of ether oxygens (including phenoxy) is 1. The fraction of sp³-hybridized carbons (Fsp3) is 0.444. The lowest BCUT2D eigenvalue weighted by atomic mass is 9.88. The van der Waals surface area contributed by atoms with E-state index in [1.165, 1.54) is 11.6 Å². The van der Waals surface area contributed by atoms with Crippen LogP contribution in [-0.2, 0) is 38.9 Å². The maximum absolute atomic E-state index is 13.2. The van der Waals surface area contributed by atoms with Crippen molar-refractivity contribution in [3.05, 3.63) is 70.3 Å². The standard InChI is InChI=1S/C27H35NO4S/c1-19(2)17-21-9-10-22-18-28(33(30,31)23-11-7-20(3)8-12-23)16-15-25(22)24(21)13-14-26(29)32-27(4,5)6/h7-14,19H,15-18H2,1-6H3/b14-13+. The van der Waals surface area contributed by atoms with Crippen LogP contribution in [-0.4, -0.2) is 30.8 Å². The van der Waals surface area contributed by atoms with E-state index in [0.717, 1.165) is 28.7 Å². The van der Waals surface area contributed by atoms with E-state index < -0.39 is 15.6 Å². The van der Waals surface area contributed by atoms with Crippen LogP contribution in [0, 0.1) is 12.8 Å². The Bertz CT molecular complexity index is 1140. The Balaban J connectivity index is 1.93. The Morgan fingerprint density at radius 1 is 1.12 bits per heavy atom. The van der Waals surface area contributed by atoms with Gasteiger partial charge in [0.25, 0.3) is 0 Å². The lowest BCUT2D eigenvalue weighted by molar-refractivity contribution is -0.148. The summed E-state index contributed by atoms with van der Waals surface area (Å²) < 4.78 is 33.4. The monoisotopic (exact) mass is 469 g/mol. The fourth-order valence-electron chi connectivity index (χ4n) is 4.08. The van der Waals surface area contributed by atoms with Crippen molar-refractivity contribution in [2.75, 3.05) is 6.54 Å². The second-order valence-electron chi connectivity index (χ2n) is 10.1. The van der Waals surface area contributed by atoms with E-state index in [1.54, 1.807) is 16.4 Å². The first-order valence-corrected chi connectivity index (χ1v) is 12.9. The topological polar surface area (TPSA) is 63.7 Å². The molecule has 0 unspecified atom stereocenters. The van der Waals surface area contributed by atoms with Gasteiger partial charge in [-0.2, -0.15) is 4.31 Å². The number of hydrogen-bond donors (Lipinski definition) is 0. The van der Waals surface area contributed by atoms with Crippen LogP contribution in [0.1, 0.15) is 62.4 Å². The summed E-state index contributed by atoms with van der Waals surface area (Å²) in [6.07, 6.45) is 4.81. The third-order valence-electron chi connectivity index (χ3n) is 5.58. The predicted molar refractivity (Wildman–Crippen MR) is 132 cm³/mol. The smallest absolute Gasteiger partial charge is 0.331 e. The molecule has 2 aromatic carbocycles. The van der Waals surface area contributed by atoms with Crippen molar-refractivity contribution in [2.45, 2.75) is 71.4 Å². The Kier molecular flexibility index (Phi) is 7.49. The fourth-order valence-corrected chi connectivity index (χ4v) is 5.50. The van der Waals surface area contributed by atoms with Crippen LogP contribution in [0.3, 0.4) is 0 Å². The van der Waals surface area contributed by atoms with E-state index in [0.29, 0.717) is 30.3 Å². The molecule has 1 aliphatic heterocycles. The van der Waals surface area contributed by atoms with E-state index >= 15 is 0 Å². The SMILES string of the molecule is Cc1ccc(S(=O)(=O)N2CCc3c(ccc(CC(C)C)c3/C=C/C(=O)OC(C)(C)C)C2)cc1. The maximum Gasteiger partial charge on any atom is 0.331 e. The quantitative estimate of drug-likeness (QED) is 0.426. The number of sulfonamides is 1. The van der Waals surface area contributed by atoms with Gasteiger partial charge in [0.2, 0.25) is 10.0 Å². The molecule has 0 aromatic heterocycles. The summed E-state index contributed by atoms with van der Waals surface area (Å²) in [5, 5.41) is 0. The Hall–Kier alpha value is -2.44. The van der Waals surface area contributed by atoms with Crippen LogP contribution in [0.5, 0.6) is 0 Å². The van der Waals surface area contributed by atoms with Crippen molar-refractivity contribution in [2.24, 2.45) is 5.92 Å². The molecule has 2 aromatic rings. The highest BCUT2D eigenvalue weighted by Gasteiger charge is 2.29. The first-order valence-electron chi connectivity index (χ1n) is 11.5. The van der Waals surface area contributed by atoms with Gasteiger partial charge in [-0.05, 0) is 86.9 Å². The molecule has 0 spiro atoms. The Morgan fingerprint density at radius 2 is 1.79 bits per heavy atom. The minimum Gasteiger partial charge on any atom is -0.457 e. The molecule has 0 atom stereocenters. The van der Waals surface area contributed by atoms with Gasteiger partial charge in [0.05, 0.1) is 4.90 Å². The van der Waals surface area contributed by atoms with Gasteiger partial charge in [-0.25, -0.2) is 13.2 Å². The van der Waals surface area contributed by atoms with Crippen molar-refractivity contribution < 1.29 is 17.9 Å². The number of hydrogen-bond acceptors (Lipinski definition) is 4. The number of aryl methyl sites for hydroxylation is 1. The normalized spacial score (nSPS) is 15.1. The molecule has 1 heterocycles. The zero-order valence-electron chi connectivity index (χ0n) is 20.5. The van der Waals surface area contributed by atoms with Gasteiger partial charge in [0.1, 0.15) is 5.60 Å². The average molecular weight is 470 g/mol. The summed E-state index contributed by atoms with van der Waals surface area (Å²) in [6.45, 7) is 12.5. The molecule has 0 fully saturated rings. The van der Waals surface area contributed by atoms with E-state index in [4.69, 9.17) is 4.74 Å². The van der Waals surface area contributed by atoms with Gasteiger partial charge >= 0.3 is 5.97 Å². The molecule has 5 nitrogen and oxygen atoms in total. The molecular weight excluding hydrogens is 434 g/mol. The largest absolute Gasteiger partial charge is 0.457 e. The number of esters is 1. The van der Waals surface area contributed by atoms with Crippen LogP contribution < -0.4 is 0 Å². The molecule has 0 amide bonds. The van der Waals surface area contributed by atoms with Crippen LogP contribution >= 0.6 is 0 Å². The first-order chi connectivity index (χ1) is 15.4. The van der Waals surface area contributed by atoms with Gasteiger partial charge in [-0.1, -0.05) is 43.7 Å². The van der Waals surface area contributed by atoms with Crippen LogP contribution in [0.4, 0.5) is 0 Å². The van der Waals surface area contributed by atoms with E-state index in [2.05, 4.69) is 19.9 Å². The lowest BCUT2D eigenvalue weighted by Gasteiger charge is -2.30. The lowest BCUT2D eigenvalue weighted by Crippen LogP contribution is -2.36. The maximum atomic E-state index is 13.2. The summed E-state index contributed by atoms with van der Waals surface area (Å²) in [5.74, 6) is 0.0775. The minimum atomic E-state index is -3.57. The highest BCUT2D eigenvalue weighted by molar-refractivity contribution is 7.89. The molecule has 6 heteroatoms. The van der Waals surface area contributed by atoms with Crippen LogP contribution in [0.2, 0.25) is 0 Å². The molecule has 0 saturated heterocycles. The number of benzene rings is 2. The second kappa shape index (κ2) is 9.82. The molecular formula is C27H35NO4S. The van der Waals surface area contributed by atoms with Gasteiger partial charge < -0.3 is 4.74 Å². The Morgan fingerprint density at radius 3 is 2.39 bits per heavy atom. The molecule has 1 aliphatic rings. The van der Waals surface area contributed by atoms with Gasteiger partial charge in [0, 0.05) is 19.2 Å². The van der Waals surface area contributed by atoms with Gasteiger partial charge in [0.15, 0.2) is 0 Å². The number of rotatable bonds is 6. The van der Waals surface area contributed by atoms with E-state index in [9.17, 15) is 13.2 Å². The highest BCUT2D eigenvalue weighted by atomic mass is 32.2. The molecule has 178 valence electrons. The summed E-state index contributed by atoms with van der Waals surface area (Å²) in [4.78, 5) is 12.6. The zero-order valence-corrected chi connectivity index (χ0v) is 21.3. The molecule has 0 saturated carbocycles. The third kappa shape index (κ3) is 6.33. The van der Waals surface area contributed by atoms with Gasteiger partial charge in [-0.3, -0.25) is 0 Å². The number of fused-ring (bicyclic) bond motifs is 1. The summed E-state index contributed by atoms with van der Waals surface area (Å²) in [6, 6.07) is 11.1. The molecule has 3 rings (SSSR count). The van der Waals surface area contributed by atoms with Crippen molar-refractivity contribution in [3.63, 3.8) is 0 Å². The van der Waals surface area contributed by atoms with Crippen molar-refractivity contribution in [3.8, 4) is 0 Å². The molecule has 33 heavy (non-hydrogen) atoms. The minimum absolute atomic E-state index is 0.318. The third-order valence-corrected chi connectivity index (χ3v) is 7.44. The number of nitrogens with zero attached hydrogens (tertiary/aromatic N) is 1. The number of carbonyl (C=O) groups is 1. The van der Waals surface area contributed by atoms with Crippen molar-refractivity contribution >= 4 is 22.1 Å². The van der Waals surface area contributed by atoms with Gasteiger partial charge in [-0.15, -0.1) is 0 Å².